The van der Waals surface area contributed by atoms with E-state index in [0.29, 0.717) is 19.1 Å². The Morgan fingerprint density at radius 1 is 1.23 bits per heavy atom. The van der Waals surface area contributed by atoms with E-state index >= 15 is 0 Å². The zero-order valence-electron chi connectivity index (χ0n) is 17.2. The maximum absolute atomic E-state index is 12.6. The third kappa shape index (κ3) is 6.19. The molecule has 2 heterocycles. The molecule has 1 saturated heterocycles. The number of aryl methyl sites for hydroxylation is 1. The van der Waals surface area contributed by atoms with Crippen LogP contribution in [-0.2, 0) is 25.6 Å². The van der Waals surface area contributed by atoms with Crippen molar-refractivity contribution < 1.29 is 37.3 Å². The number of hydrogen-bond donors (Lipinski definition) is 1. The molecule has 31 heavy (non-hydrogen) atoms. The van der Waals surface area contributed by atoms with Gasteiger partial charge in [-0.05, 0) is 38.2 Å². The summed E-state index contributed by atoms with van der Waals surface area (Å²) >= 11 is 0. The highest BCUT2D eigenvalue weighted by atomic mass is 19.4. The fourth-order valence-corrected chi connectivity index (χ4v) is 4.15. The molecule has 0 radical (unpaired) electrons. The molecule has 3 aliphatic rings. The Bertz CT molecular complexity index is 724. The standard InChI is InChI=1S/C18H27N3O3.C2HF3O2/c22-18(14-4-1-5-14)21-11-13-24-17-15(21)6-7-16(17)23-12-3-10-20-9-2-8-19-20;3-2(4,5)1(6)7/h2,8-9,14-17H,1,3-7,10-13H2;(H,6,7)/t15-,16+,17+;/m0./s1. The van der Waals surface area contributed by atoms with Gasteiger partial charge in [-0.3, -0.25) is 9.48 Å². The highest BCUT2D eigenvalue weighted by molar-refractivity contribution is 5.80. The SMILES string of the molecule is O=C(C1CCC1)N1CCO[C@H]2[C@H](OCCCn3cccn3)CC[C@@H]21.O=C(O)C(F)(F)F. The van der Waals surface area contributed by atoms with Gasteiger partial charge >= 0.3 is 12.1 Å². The summed E-state index contributed by atoms with van der Waals surface area (Å²) in [6.45, 7) is 2.99. The second-order valence-electron chi connectivity index (χ2n) is 7.97. The van der Waals surface area contributed by atoms with Crippen LogP contribution in [0.2, 0.25) is 0 Å². The van der Waals surface area contributed by atoms with Crippen molar-refractivity contribution in [1.29, 1.82) is 0 Å². The molecule has 0 spiro atoms. The van der Waals surface area contributed by atoms with Crippen LogP contribution in [0, 0.1) is 5.92 Å². The lowest BCUT2D eigenvalue weighted by Gasteiger charge is -2.42. The van der Waals surface area contributed by atoms with E-state index in [1.54, 1.807) is 6.20 Å². The molecule has 1 N–H and O–H groups in total. The van der Waals surface area contributed by atoms with E-state index in [0.717, 1.165) is 45.2 Å². The second kappa shape index (κ2) is 10.4. The number of alkyl halides is 3. The first kappa shape index (κ1) is 23.5. The minimum Gasteiger partial charge on any atom is -0.475 e. The van der Waals surface area contributed by atoms with Gasteiger partial charge in [-0.25, -0.2) is 4.79 Å². The summed E-state index contributed by atoms with van der Waals surface area (Å²) < 4.78 is 45.8. The molecule has 4 rings (SSSR count). The Morgan fingerprint density at radius 3 is 2.55 bits per heavy atom. The molecule has 0 unspecified atom stereocenters. The van der Waals surface area contributed by atoms with Crippen molar-refractivity contribution >= 4 is 11.9 Å². The Kier molecular flexibility index (Phi) is 7.93. The summed E-state index contributed by atoms with van der Waals surface area (Å²) in [6, 6.07) is 2.16. The Balaban J connectivity index is 0.000000339. The molecule has 0 aromatic carbocycles. The molecule has 8 nitrogen and oxygen atoms in total. The average Bonchev–Trinajstić information content (AvgIpc) is 3.33. The van der Waals surface area contributed by atoms with Crippen LogP contribution in [0.1, 0.15) is 38.5 Å². The molecule has 1 amide bonds. The van der Waals surface area contributed by atoms with Crippen molar-refractivity contribution in [3.8, 4) is 0 Å². The third-order valence-corrected chi connectivity index (χ3v) is 5.94. The highest BCUT2D eigenvalue weighted by Gasteiger charge is 2.46. The first-order chi connectivity index (χ1) is 14.8. The molecule has 11 heteroatoms. The van der Waals surface area contributed by atoms with E-state index in [2.05, 4.69) is 10.00 Å². The molecular formula is C20H28F3N3O5. The normalized spacial score (nSPS) is 25.9. The number of carboxylic acids is 1. The molecule has 1 aromatic heterocycles. The van der Waals surface area contributed by atoms with Crippen molar-refractivity contribution in [3.05, 3.63) is 18.5 Å². The minimum absolute atomic E-state index is 0.0625. The van der Waals surface area contributed by atoms with E-state index in [9.17, 15) is 18.0 Å². The van der Waals surface area contributed by atoms with Gasteiger partial charge in [0.25, 0.3) is 0 Å². The summed E-state index contributed by atoms with van der Waals surface area (Å²) in [5, 5.41) is 11.3. The number of carbonyl (C=O) groups excluding carboxylic acids is 1. The lowest BCUT2D eigenvalue weighted by Crippen LogP contribution is -2.55. The zero-order valence-corrected chi connectivity index (χ0v) is 17.2. The van der Waals surface area contributed by atoms with Crippen LogP contribution in [0.3, 0.4) is 0 Å². The number of nitrogens with zero attached hydrogens (tertiary/aromatic N) is 3. The molecule has 1 aliphatic heterocycles. The van der Waals surface area contributed by atoms with E-state index in [-0.39, 0.29) is 24.2 Å². The predicted molar refractivity (Wildman–Crippen MR) is 102 cm³/mol. The van der Waals surface area contributed by atoms with Crippen LogP contribution in [0.15, 0.2) is 18.5 Å². The van der Waals surface area contributed by atoms with Crippen LogP contribution in [0.4, 0.5) is 13.2 Å². The van der Waals surface area contributed by atoms with Gasteiger partial charge in [-0.15, -0.1) is 0 Å². The summed E-state index contributed by atoms with van der Waals surface area (Å²) in [5.74, 6) is -2.12. The minimum atomic E-state index is -5.08. The Labute approximate surface area is 178 Å². The first-order valence-corrected chi connectivity index (χ1v) is 10.6. The first-order valence-electron chi connectivity index (χ1n) is 10.6. The van der Waals surface area contributed by atoms with Gasteiger partial charge in [-0.1, -0.05) is 6.42 Å². The van der Waals surface area contributed by atoms with Crippen molar-refractivity contribution in [2.45, 2.75) is 69.5 Å². The number of carbonyl (C=O) groups is 2. The van der Waals surface area contributed by atoms with Crippen molar-refractivity contribution in [2.24, 2.45) is 5.92 Å². The number of halogens is 3. The molecule has 3 atom stereocenters. The number of rotatable bonds is 6. The number of hydrogen-bond acceptors (Lipinski definition) is 5. The Morgan fingerprint density at radius 2 is 1.97 bits per heavy atom. The van der Waals surface area contributed by atoms with Crippen LogP contribution < -0.4 is 0 Å². The number of fused-ring (bicyclic) bond motifs is 1. The smallest absolute Gasteiger partial charge is 0.475 e. The van der Waals surface area contributed by atoms with Gasteiger partial charge in [0.1, 0.15) is 6.10 Å². The lowest BCUT2D eigenvalue weighted by molar-refractivity contribution is -0.192. The maximum atomic E-state index is 12.6. The van der Waals surface area contributed by atoms with E-state index in [1.165, 1.54) is 6.42 Å². The van der Waals surface area contributed by atoms with Crippen LogP contribution in [-0.4, -0.2) is 75.8 Å². The van der Waals surface area contributed by atoms with Crippen LogP contribution >= 0.6 is 0 Å². The average molecular weight is 447 g/mol. The fourth-order valence-electron chi connectivity index (χ4n) is 4.15. The van der Waals surface area contributed by atoms with Crippen LogP contribution in [0.5, 0.6) is 0 Å². The molecule has 2 saturated carbocycles. The monoisotopic (exact) mass is 447 g/mol. The van der Waals surface area contributed by atoms with Gasteiger partial charge in [0.05, 0.1) is 18.8 Å². The number of carboxylic acid groups (broad SMARTS) is 1. The Hall–Kier alpha value is -2.14. The summed E-state index contributed by atoms with van der Waals surface area (Å²) in [6.07, 6.45) is 5.17. The molecule has 0 bridgehead atoms. The van der Waals surface area contributed by atoms with Crippen molar-refractivity contribution in [1.82, 2.24) is 14.7 Å². The zero-order chi connectivity index (χ0) is 22.4. The maximum Gasteiger partial charge on any atom is 0.490 e. The van der Waals surface area contributed by atoms with Crippen molar-refractivity contribution in [2.75, 3.05) is 19.8 Å². The highest BCUT2D eigenvalue weighted by Crippen LogP contribution is 2.36. The van der Waals surface area contributed by atoms with Gasteiger partial charge in [0.15, 0.2) is 0 Å². The van der Waals surface area contributed by atoms with Gasteiger partial charge in [-0.2, -0.15) is 18.3 Å². The number of ether oxygens (including phenoxy) is 2. The van der Waals surface area contributed by atoms with Gasteiger partial charge in [0.2, 0.25) is 5.91 Å². The van der Waals surface area contributed by atoms with Crippen LogP contribution in [0.25, 0.3) is 0 Å². The summed E-state index contributed by atoms with van der Waals surface area (Å²) in [5.41, 5.74) is 0. The molecule has 1 aromatic rings. The number of aliphatic carboxylic acids is 1. The number of morpholine rings is 1. The fraction of sp³-hybridized carbons (Fsp3) is 0.750. The lowest BCUT2D eigenvalue weighted by atomic mass is 9.84. The largest absolute Gasteiger partial charge is 0.490 e. The van der Waals surface area contributed by atoms with E-state index < -0.39 is 12.1 Å². The quantitative estimate of drug-likeness (QED) is 0.674. The van der Waals surface area contributed by atoms with Crippen molar-refractivity contribution in [3.63, 3.8) is 0 Å². The number of aromatic nitrogens is 2. The molecule has 2 aliphatic carbocycles. The predicted octanol–water partition coefficient (Wildman–Crippen LogP) is 2.48. The molecule has 174 valence electrons. The second-order valence-corrected chi connectivity index (χ2v) is 7.97. The summed E-state index contributed by atoms with van der Waals surface area (Å²) in [7, 11) is 0. The number of amides is 1. The van der Waals surface area contributed by atoms with E-state index in [4.69, 9.17) is 19.4 Å². The molecule has 3 fully saturated rings. The topological polar surface area (TPSA) is 93.9 Å². The van der Waals surface area contributed by atoms with Gasteiger partial charge < -0.3 is 19.5 Å². The third-order valence-electron chi connectivity index (χ3n) is 5.94. The van der Waals surface area contributed by atoms with Gasteiger partial charge in [0, 0.05) is 38.0 Å². The summed E-state index contributed by atoms with van der Waals surface area (Å²) in [4.78, 5) is 23.6. The van der Waals surface area contributed by atoms with E-state index in [1.807, 2.05) is 16.9 Å². The molecular weight excluding hydrogens is 419 g/mol.